The van der Waals surface area contributed by atoms with Crippen LogP contribution in [-0.2, 0) is 0 Å². The molecule has 0 unspecified atom stereocenters. The fourth-order valence-electron chi connectivity index (χ4n) is 1.20. The number of carbonyl (C=O) groups excluding carboxylic acids is 1. The molecule has 0 aliphatic heterocycles. The zero-order valence-corrected chi connectivity index (χ0v) is 11.1. The van der Waals surface area contributed by atoms with Crippen molar-refractivity contribution in [1.29, 1.82) is 0 Å². The number of hydrogen-bond donors (Lipinski definition) is 3. The van der Waals surface area contributed by atoms with E-state index >= 15 is 0 Å². The van der Waals surface area contributed by atoms with Crippen molar-refractivity contribution >= 4 is 23.4 Å². The maximum atomic E-state index is 11.9. The number of phenolic OH excluding ortho intramolecular Hbond substituents is 1. The van der Waals surface area contributed by atoms with Gasteiger partial charge in [0.15, 0.2) is 0 Å². The number of amides is 1. The van der Waals surface area contributed by atoms with Crippen LogP contribution in [0.5, 0.6) is 5.75 Å². The fourth-order valence-corrected chi connectivity index (χ4v) is 1.42. The number of rotatable bonds is 4. The molecule has 0 saturated carbocycles. The first-order valence-corrected chi connectivity index (χ1v) is 6.50. The van der Waals surface area contributed by atoms with E-state index in [2.05, 4.69) is 5.32 Å². The van der Waals surface area contributed by atoms with Crippen LogP contribution in [0.15, 0.2) is 18.2 Å². The van der Waals surface area contributed by atoms with E-state index in [1.807, 2.05) is 20.1 Å². The molecule has 4 N–H and O–H groups in total. The van der Waals surface area contributed by atoms with Crippen LogP contribution in [0.3, 0.4) is 0 Å². The highest BCUT2D eigenvalue weighted by atomic mass is 32.2. The molecule has 0 bridgehead atoms. The Bertz CT molecular complexity index is 419. The molecule has 5 heteroatoms. The molecule has 0 saturated heterocycles. The molecular weight excluding hydrogens is 236 g/mol. The van der Waals surface area contributed by atoms with E-state index in [0.717, 1.165) is 0 Å². The molecular formula is C12H18N2O2S. The van der Waals surface area contributed by atoms with Gasteiger partial charge in [0.2, 0.25) is 0 Å². The Kier molecular flexibility index (Phi) is 4.28. The summed E-state index contributed by atoms with van der Waals surface area (Å²) in [5.41, 5.74) is 6.36. The van der Waals surface area contributed by atoms with Crippen molar-refractivity contribution < 1.29 is 9.90 Å². The average molecular weight is 254 g/mol. The fraction of sp³-hybridized carbons (Fsp3) is 0.417. The lowest BCUT2D eigenvalue weighted by atomic mass is 10.1. The van der Waals surface area contributed by atoms with Crippen LogP contribution >= 0.6 is 11.8 Å². The minimum absolute atomic E-state index is 0.0265. The summed E-state index contributed by atoms with van der Waals surface area (Å²) in [7, 11) is 0. The number of nitrogens with one attached hydrogen (secondary N) is 1. The normalized spacial score (nSPS) is 11.2. The molecule has 1 rings (SSSR count). The summed E-state index contributed by atoms with van der Waals surface area (Å²) >= 11 is 1.68. The van der Waals surface area contributed by atoms with Crippen LogP contribution < -0.4 is 11.1 Å². The SMILES string of the molecule is CSC(C)(C)CNC(=O)c1cc(O)ccc1N. The van der Waals surface area contributed by atoms with Crippen molar-refractivity contribution in [2.24, 2.45) is 0 Å². The highest BCUT2D eigenvalue weighted by Crippen LogP contribution is 2.21. The van der Waals surface area contributed by atoms with Crippen molar-refractivity contribution in [3.8, 4) is 5.75 Å². The Morgan fingerprint density at radius 2 is 2.18 bits per heavy atom. The molecule has 17 heavy (non-hydrogen) atoms. The molecule has 94 valence electrons. The maximum absolute atomic E-state index is 11.9. The lowest BCUT2D eigenvalue weighted by Crippen LogP contribution is -2.36. The van der Waals surface area contributed by atoms with Gasteiger partial charge in [-0.1, -0.05) is 0 Å². The number of carbonyl (C=O) groups is 1. The second kappa shape index (κ2) is 5.31. The van der Waals surface area contributed by atoms with Crippen LogP contribution in [-0.4, -0.2) is 28.6 Å². The molecule has 4 nitrogen and oxygen atoms in total. The number of nitrogen functional groups attached to an aromatic ring is 1. The van der Waals surface area contributed by atoms with Gasteiger partial charge in [-0.2, -0.15) is 11.8 Å². The van der Waals surface area contributed by atoms with Crippen LogP contribution in [0.1, 0.15) is 24.2 Å². The van der Waals surface area contributed by atoms with E-state index < -0.39 is 0 Å². The van der Waals surface area contributed by atoms with Gasteiger partial charge in [0.1, 0.15) is 5.75 Å². The number of anilines is 1. The largest absolute Gasteiger partial charge is 0.508 e. The van der Waals surface area contributed by atoms with Gasteiger partial charge in [-0.15, -0.1) is 0 Å². The molecule has 1 amide bonds. The minimum atomic E-state index is -0.263. The van der Waals surface area contributed by atoms with Gasteiger partial charge in [0, 0.05) is 17.0 Å². The molecule has 0 fully saturated rings. The lowest BCUT2D eigenvalue weighted by Gasteiger charge is -2.22. The summed E-state index contributed by atoms with van der Waals surface area (Å²) in [4.78, 5) is 11.9. The molecule has 0 aromatic heterocycles. The maximum Gasteiger partial charge on any atom is 0.253 e. The minimum Gasteiger partial charge on any atom is -0.508 e. The molecule has 0 radical (unpaired) electrons. The van der Waals surface area contributed by atoms with Crippen LogP contribution in [0.4, 0.5) is 5.69 Å². The van der Waals surface area contributed by atoms with E-state index in [-0.39, 0.29) is 16.4 Å². The monoisotopic (exact) mass is 254 g/mol. The summed E-state index contributed by atoms with van der Waals surface area (Å²) < 4.78 is -0.0265. The molecule has 0 atom stereocenters. The summed E-state index contributed by atoms with van der Waals surface area (Å²) in [6.45, 7) is 4.63. The second-order valence-corrected chi connectivity index (χ2v) is 5.93. The van der Waals surface area contributed by atoms with Crippen LogP contribution in [0, 0.1) is 0 Å². The predicted molar refractivity (Wildman–Crippen MR) is 72.4 cm³/mol. The topological polar surface area (TPSA) is 75.3 Å². The highest BCUT2D eigenvalue weighted by Gasteiger charge is 2.18. The number of aromatic hydroxyl groups is 1. The summed E-state index contributed by atoms with van der Waals surface area (Å²) in [6, 6.07) is 4.35. The average Bonchev–Trinajstić information content (AvgIpc) is 2.29. The Labute approximate surface area is 106 Å². The lowest BCUT2D eigenvalue weighted by molar-refractivity contribution is 0.0951. The number of nitrogens with two attached hydrogens (primary N) is 1. The van der Waals surface area contributed by atoms with E-state index in [0.29, 0.717) is 17.8 Å². The Morgan fingerprint density at radius 1 is 1.53 bits per heavy atom. The zero-order chi connectivity index (χ0) is 13.1. The molecule has 1 aromatic carbocycles. The van der Waals surface area contributed by atoms with E-state index in [1.165, 1.54) is 18.2 Å². The first-order valence-electron chi connectivity index (χ1n) is 5.27. The standard InChI is InChI=1S/C12H18N2O2S/c1-12(2,17-3)7-14-11(16)9-6-8(15)4-5-10(9)13/h4-6,15H,7,13H2,1-3H3,(H,14,16). The van der Waals surface area contributed by atoms with Gasteiger partial charge < -0.3 is 16.2 Å². The second-order valence-electron chi connectivity index (χ2n) is 4.42. The van der Waals surface area contributed by atoms with Crippen molar-refractivity contribution in [2.45, 2.75) is 18.6 Å². The van der Waals surface area contributed by atoms with E-state index in [4.69, 9.17) is 5.73 Å². The van der Waals surface area contributed by atoms with Crippen molar-refractivity contribution in [3.05, 3.63) is 23.8 Å². The Hall–Kier alpha value is -1.36. The first-order chi connectivity index (χ1) is 7.85. The zero-order valence-electron chi connectivity index (χ0n) is 10.3. The number of benzene rings is 1. The molecule has 0 spiro atoms. The first kappa shape index (κ1) is 13.7. The Morgan fingerprint density at radius 3 is 2.76 bits per heavy atom. The third-order valence-electron chi connectivity index (χ3n) is 2.51. The van der Waals surface area contributed by atoms with Crippen molar-refractivity contribution in [1.82, 2.24) is 5.32 Å². The summed E-state index contributed by atoms with van der Waals surface area (Å²) in [6.07, 6.45) is 1.99. The number of thioether (sulfide) groups is 1. The van der Waals surface area contributed by atoms with Gasteiger partial charge in [0.25, 0.3) is 5.91 Å². The van der Waals surface area contributed by atoms with Crippen LogP contribution in [0.25, 0.3) is 0 Å². The molecule has 0 aliphatic rings. The van der Waals surface area contributed by atoms with Gasteiger partial charge in [-0.3, -0.25) is 4.79 Å². The highest BCUT2D eigenvalue weighted by molar-refractivity contribution is 7.99. The third kappa shape index (κ3) is 3.85. The molecule has 1 aromatic rings. The van der Waals surface area contributed by atoms with Gasteiger partial charge >= 0.3 is 0 Å². The summed E-state index contributed by atoms with van der Waals surface area (Å²) in [5, 5.41) is 12.1. The molecule has 0 heterocycles. The Balaban J connectivity index is 2.74. The molecule has 0 aliphatic carbocycles. The van der Waals surface area contributed by atoms with Crippen LogP contribution in [0.2, 0.25) is 0 Å². The summed E-state index contributed by atoms with van der Waals surface area (Å²) in [5.74, 6) is -0.228. The quantitative estimate of drug-likeness (QED) is 0.566. The predicted octanol–water partition coefficient (Wildman–Crippen LogP) is 1.85. The van der Waals surface area contributed by atoms with E-state index in [9.17, 15) is 9.90 Å². The third-order valence-corrected chi connectivity index (χ3v) is 3.76. The van der Waals surface area contributed by atoms with Crippen molar-refractivity contribution in [2.75, 3.05) is 18.5 Å². The van der Waals surface area contributed by atoms with E-state index in [1.54, 1.807) is 11.8 Å². The van der Waals surface area contributed by atoms with Gasteiger partial charge in [-0.05, 0) is 38.3 Å². The van der Waals surface area contributed by atoms with Gasteiger partial charge in [0.05, 0.1) is 5.56 Å². The number of hydrogen-bond acceptors (Lipinski definition) is 4. The number of phenols is 1. The van der Waals surface area contributed by atoms with Crippen molar-refractivity contribution in [3.63, 3.8) is 0 Å². The van der Waals surface area contributed by atoms with Gasteiger partial charge in [-0.25, -0.2) is 0 Å². The smallest absolute Gasteiger partial charge is 0.253 e.